The Kier molecular flexibility index (Phi) is 4.10. The second-order valence-electron chi connectivity index (χ2n) is 4.99. The fraction of sp³-hybridized carbons (Fsp3) is 0.111. The molecule has 116 valence electrons. The van der Waals surface area contributed by atoms with E-state index in [0.717, 1.165) is 15.7 Å². The van der Waals surface area contributed by atoms with E-state index in [4.69, 9.17) is 4.74 Å². The van der Waals surface area contributed by atoms with E-state index in [1.807, 2.05) is 18.2 Å². The molecule has 0 aliphatic heterocycles. The van der Waals surface area contributed by atoms with Crippen molar-refractivity contribution in [3.63, 3.8) is 0 Å². The number of hydrogen-bond donors (Lipinski definition) is 0. The fourth-order valence-electron chi connectivity index (χ4n) is 2.36. The summed E-state index contributed by atoms with van der Waals surface area (Å²) in [5, 5.41) is 12.6. The van der Waals surface area contributed by atoms with Crippen LogP contribution < -0.4 is 9.47 Å². The van der Waals surface area contributed by atoms with Crippen molar-refractivity contribution in [1.82, 2.24) is 0 Å². The molecule has 0 spiro atoms. The molecule has 0 N–H and O–H groups in total. The second kappa shape index (κ2) is 6.36. The maximum absolute atomic E-state index is 11.8. The van der Waals surface area contributed by atoms with Crippen molar-refractivity contribution < 1.29 is 19.0 Å². The normalized spacial score (nSPS) is 10.5. The molecule has 5 heteroatoms. The van der Waals surface area contributed by atoms with E-state index < -0.39 is 0 Å². The quantitative estimate of drug-likeness (QED) is 0.422. The lowest BCUT2D eigenvalue weighted by Gasteiger charge is -2.09. The van der Waals surface area contributed by atoms with Gasteiger partial charge in [-0.3, -0.25) is 0 Å². The topological polar surface area (TPSA) is 62.5 Å². The van der Waals surface area contributed by atoms with E-state index in [2.05, 4.69) is 4.74 Å². The van der Waals surface area contributed by atoms with Crippen molar-refractivity contribution in [2.75, 3.05) is 7.11 Å². The van der Waals surface area contributed by atoms with Crippen molar-refractivity contribution in [3.05, 3.63) is 77.1 Å². The summed E-state index contributed by atoms with van der Waals surface area (Å²) in [5.41, 5.74) is 2.00. The van der Waals surface area contributed by atoms with Gasteiger partial charge in [0.15, 0.2) is 6.20 Å². The number of fused-ring (bicyclic) bond motifs is 1. The van der Waals surface area contributed by atoms with Crippen LogP contribution in [-0.4, -0.2) is 13.1 Å². The van der Waals surface area contributed by atoms with E-state index in [1.54, 1.807) is 36.4 Å². The number of benzene rings is 2. The SMILES string of the molecule is COC(=O)c1ccc(OCc2cc[n+]([O-])c3ccccc23)cc1. The van der Waals surface area contributed by atoms with Gasteiger partial charge < -0.3 is 14.7 Å². The Bertz CT molecular complexity index is 843. The summed E-state index contributed by atoms with van der Waals surface area (Å²) in [6, 6.07) is 15.9. The van der Waals surface area contributed by atoms with Gasteiger partial charge in [-0.25, -0.2) is 4.79 Å². The number of nitrogens with zero attached hydrogens (tertiary/aromatic N) is 1. The molecule has 3 aromatic rings. The first-order valence-corrected chi connectivity index (χ1v) is 7.10. The molecule has 1 aromatic heterocycles. The summed E-state index contributed by atoms with van der Waals surface area (Å²) in [6.45, 7) is 0.332. The molecule has 0 atom stereocenters. The number of hydrogen-bond acceptors (Lipinski definition) is 4. The van der Waals surface area contributed by atoms with Gasteiger partial charge in [-0.05, 0) is 30.3 Å². The van der Waals surface area contributed by atoms with Gasteiger partial charge in [0.05, 0.1) is 18.1 Å². The van der Waals surface area contributed by atoms with Gasteiger partial charge in [0, 0.05) is 17.7 Å². The Morgan fingerprint density at radius 3 is 2.57 bits per heavy atom. The molecular formula is C18H15NO4. The van der Waals surface area contributed by atoms with Crippen LogP contribution in [0.25, 0.3) is 10.9 Å². The molecular weight excluding hydrogens is 294 g/mol. The maximum Gasteiger partial charge on any atom is 0.337 e. The maximum atomic E-state index is 11.8. The Morgan fingerprint density at radius 1 is 1.09 bits per heavy atom. The lowest BCUT2D eigenvalue weighted by Crippen LogP contribution is -2.26. The molecule has 0 saturated heterocycles. The highest BCUT2D eigenvalue weighted by Gasteiger charge is 2.09. The van der Waals surface area contributed by atoms with Crippen LogP contribution in [0, 0.1) is 5.21 Å². The number of carbonyl (C=O) groups excluding carboxylic acids is 1. The molecule has 0 fully saturated rings. The minimum absolute atomic E-state index is 0.332. The molecule has 2 aromatic carbocycles. The highest BCUT2D eigenvalue weighted by molar-refractivity contribution is 5.89. The Hall–Kier alpha value is -3.08. The number of pyridine rings is 1. The smallest absolute Gasteiger partial charge is 0.337 e. The van der Waals surface area contributed by atoms with E-state index in [0.29, 0.717) is 23.4 Å². The number of aromatic nitrogens is 1. The highest BCUT2D eigenvalue weighted by Crippen LogP contribution is 2.19. The summed E-state index contributed by atoms with van der Waals surface area (Å²) in [6.07, 6.45) is 1.47. The largest absolute Gasteiger partial charge is 0.618 e. The number of esters is 1. The molecule has 0 aliphatic carbocycles. The lowest BCUT2D eigenvalue weighted by atomic mass is 10.1. The average molecular weight is 309 g/mol. The van der Waals surface area contributed by atoms with E-state index in [-0.39, 0.29) is 5.97 Å². The van der Waals surface area contributed by atoms with Gasteiger partial charge in [-0.15, -0.1) is 0 Å². The van der Waals surface area contributed by atoms with E-state index in [1.165, 1.54) is 13.3 Å². The highest BCUT2D eigenvalue weighted by atomic mass is 16.5. The molecule has 0 saturated carbocycles. The minimum atomic E-state index is -0.384. The predicted octanol–water partition coefficient (Wildman–Crippen LogP) is 2.84. The number of para-hydroxylation sites is 1. The predicted molar refractivity (Wildman–Crippen MR) is 85.0 cm³/mol. The molecule has 0 aliphatic rings. The summed E-state index contributed by atoms with van der Waals surface area (Å²) in [5.74, 6) is 0.256. The van der Waals surface area contributed by atoms with Crippen LogP contribution in [0.4, 0.5) is 0 Å². The standard InChI is InChI=1S/C18H15NO4/c1-22-18(20)13-6-8-15(9-7-13)23-12-14-10-11-19(21)17-5-3-2-4-16(14)17/h2-11H,12H2,1H3. The Balaban J connectivity index is 1.79. The average Bonchev–Trinajstić information content (AvgIpc) is 2.61. The number of carbonyl (C=O) groups is 1. The first-order chi connectivity index (χ1) is 11.2. The molecule has 0 bridgehead atoms. The number of rotatable bonds is 4. The first kappa shape index (κ1) is 14.8. The minimum Gasteiger partial charge on any atom is -0.618 e. The van der Waals surface area contributed by atoms with Crippen molar-refractivity contribution in [2.45, 2.75) is 6.61 Å². The first-order valence-electron chi connectivity index (χ1n) is 7.10. The molecule has 3 rings (SSSR count). The van der Waals surface area contributed by atoms with E-state index >= 15 is 0 Å². The third-order valence-corrected chi connectivity index (χ3v) is 3.57. The van der Waals surface area contributed by atoms with Crippen molar-refractivity contribution in [1.29, 1.82) is 0 Å². The van der Waals surface area contributed by atoms with Crippen LogP contribution in [0.3, 0.4) is 0 Å². The zero-order chi connectivity index (χ0) is 16.2. The molecule has 0 amide bonds. The van der Waals surface area contributed by atoms with Gasteiger partial charge in [-0.1, -0.05) is 12.1 Å². The second-order valence-corrected chi connectivity index (χ2v) is 4.99. The summed E-state index contributed by atoms with van der Waals surface area (Å²) in [7, 11) is 1.34. The lowest BCUT2D eigenvalue weighted by molar-refractivity contribution is -0.577. The van der Waals surface area contributed by atoms with Crippen LogP contribution in [-0.2, 0) is 11.3 Å². The van der Waals surface area contributed by atoms with Gasteiger partial charge in [0.1, 0.15) is 12.4 Å². The van der Waals surface area contributed by atoms with Crippen molar-refractivity contribution >= 4 is 16.9 Å². The van der Waals surface area contributed by atoms with Gasteiger partial charge >= 0.3 is 5.97 Å². The molecule has 0 radical (unpaired) electrons. The monoisotopic (exact) mass is 309 g/mol. The van der Waals surface area contributed by atoms with Crippen molar-refractivity contribution in [3.8, 4) is 5.75 Å². The Labute approximate surface area is 133 Å². The van der Waals surface area contributed by atoms with Crippen LogP contribution >= 0.6 is 0 Å². The zero-order valence-electron chi connectivity index (χ0n) is 12.6. The Morgan fingerprint density at radius 2 is 1.83 bits per heavy atom. The number of ether oxygens (including phenoxy) is 2. The van der Waals surface area contributed by atoms with E-state index in [9.17, 15) is 10.0 Å². The van der Waals surface area contributed by atoms with Crippen LogP contribution in [0.1, 0.15) is 15.9 Å². The summed E-state index contributed by atoms with van der Waals surface area (Å²) in [4.78, 5) is 11.4. The molecule has 23 heavy (non-hydrogen) atoms. The van der Waals surface area contributed by atoms with Crippen LogP contribution in [0.2, 0.25) is 0 Å². The summed E-state index contributed by atoms with van der Waals surface area (Å²) >= 11 is 0. The third kappa shape index (κ3) is 3.08. The molecule has 5 nitrogen and oxygen atoms in total. The zero-order valence-corrected chi connectivity index (χ0v) is 12.6. The number of methoxy groups -OCH3 is 1. The van der Waals surface area contributed by atoms with Crippen molar-refractivity contribution in [2.24, 2.45) is 0 Å². The van der Waals surface area contributed by atoms with Gasteiger partial charge in [-0.2, -0.15) is 4.73 Å². The van der Waals surface area contributed by atoms with Gasteiger partial charge in [0.25, 0.3) is 0 Å². The third-order valence-electron chi connectivity index (χ3n) is 3.57. The molecule has 0 unspecified atom stereocenters. The van der Waals surface area contributed by atoms with Crippen LogP contribution in [0.15, 0.2) is 60.8 Å². The summed E-state index contributed by atoms with van der Waals surface area (Å²) < 4.78 is 11.2. The fourth-order valence-corrected chi connectivity index (χ4v) is 2.36. The van der Waals surface area contributed by atoms with Crippen LogP contribution in [0.5, 0.6) is 5.75 Å². The van der Waals surface area contributed by atoms with Gasteiger partial charge in [0.2, 0.25) is 5.52 Å². The molecule has 1 heterocycles.